The Morgan fingerprint density at radius 1 is 1.26 bits per heavy atom. The van der Waals surface area contributed by atoms with Crippen LogP contribution in [0.3, 0.4) is 0 Å². The average Bonchev–Trinajstić information content (AvgIpc) is 3.11. The molecule has 1 aromatic carbocycles. The first-order chi connectivity index (χ1) is 8.95. The SMILES string of the molecule is Cc1c(CNC2CC2)oc2ccc(C(C)(C)C)cc12. The number of benzene rings is 1. The molecule has 3 rings (SSSR count). The van der Waals surface area contributed by atoms with Crippen molar-refractivity contribution < 1.29 is 4.42 Å². The third-order valence-electron chi connectivity index (χ3n) is 4.03. The van der Waals surface area contributed by atoms with E-state index in [4.69, 9.17) is 4.42 Å². The van der Waals surface area contributed by atoms with Gasteiger partial charge in [-0.3, -0.25) is 0 Å². The van der Waals surface area contributed by atoms with Crippen LogP contribution >= 0.6 is 0 Å². The molecule has 0 amide bonds. The lowest BCUT2D eigenvalue weighted by Gasteiger charge is -2.18. The monoisotopic (exact) mass is 257 g/mol. The van der Waals surface area contributed by atoms with E-state index in [9.17, 15) is 0 Å². The lowest BCUT2D eigenvalue weighted by atomic mass is 9.86. The number of nitrogens with one attached hydrogen (secondary N) is 1. The van der Waals surface area contributed by atoms with Crippen LogP contribution in [0.5, 0.6) is 0 Å². The minimum atomic E-state index is 0.185. The molecule has 1 N–H and O–H groups in total. The van der Waals surface area contributed by atoms with Gasteiger partial charge in [0, 0.05) is 11.4 Å². The highest BCUT2D eigenvalue weighted by atomic mass is 16.3. The van der Waals surface area contributed by atoms with Gasteiger partial charge in [-0.25, -0.2) is 0 Å². The van der Waals surface area contributed by atoms with Crippen LogP contribution < -0.4 is 5.32 Å². The van der Waals surface area contributed by atoms with Crippen molar-refractivity contribution in [2.45, 2.75) is 58.5 Å². The third kappa shape index (κ3) is 2.55. The Labute approximate surface area is 115 Å². The molecule has 0 radical (unpaired) electrons. The summed E-state index contributed by atoms with van der Waals surface area (Å²) >= 11 is 0. The van der Waals surface area contributed by atoms with Gasteiger partial charge in [0.25, 0.3) is 0 Å². The van der Waals surface area contributed by atoms with Crippen molar-refractivity contribution in [3.63, 3.8) is 0 Å². The molecule has 0 atom stereocenters. The van der Waals surface area contributed by atoms with Gasteiger partial charge in [0.2, 0.25) is 0 Å². The van der Waals surface area contributed by atoms with E-state index in [2.05, 4.69) is 51.2 Å². The zero-order valence-electron chi connectivity index (χ0n) is 12.3. The fourth-order valence-corrected chi connectivity index (χ4v) is 2.43. The van der Waals surface area contributed by atoms with Gasteiger partial charge >= 0.3 is 0 Å². The second-order valence-corrected chi connectivity index (χ2v) is 6.77. The Balaban J connectivity index is 1.95. The van der Waals surface area contributed by atoms with Gasteiger partial charge < -0.3 is 9.73 Å². The minimum Gasteiger partial charge on any atom is -0.459 e. The van der Waals surface area contributed by atoms with Crippen LogP contribution in [0.1, 0.15) is 50.5 Å². The molecule has 1 aromatic heterocycles. The summed E-state index contributed by atoms with van der Waals surface area (Å²) in [5, 5.41) is 4.79. The van der Waals surface area contributed by atoms with E-state index in [1.54, 1.807) is 0 Å². The van der Waals surface area contributed by atoms with Gasteiger partial charge in [-0.1, -0.05) is 26.8 Å². The van der Waals surface area contributed by atoms with E-state index in [1.165, 1.54) is 29.4 Å². The van der Waals surface area contributed by atoms with Crippen molar-refractivity contribution in [1.29, 1.82) is 0 Å². The fraction of sp³-hybridized carbons (Fsp3) is 0.529. The Kier molecular flexibility index (Phi) is 2.94. The summed E-state index contributed by atoms with van der Waals surface area (Å²) in [5.41, 5.74) is 3.85. The quantitative estimate of drug-likeness (QED) is 0.887. The van der Waals surface area contributed by atoms with Gasteiger partial charge in [0.05, 0.1) is 6.54 Å². The molecule has 1 heterocycles. The van der Waals surface area contributed by atoms with Crippen LogP contribution in [0.25, 0.3) is 11.0 Å². The maximum Gasteiger partial charge on any atom is 0.134 e. The maximum atomic E-state index is 5.98. The second-order valence-electron chi connectivity index (χ2n) is 6.77. The lowest BCUT2D eigenvalue weighted by Crippen LogP contribution is -2.15. The molecule has 1 saturated carbocycles. The molecule has 1 aliphatic rings. The normalized spacial score (nSPS) is 16.2. The van der Waals surface area contributed by atoms with Gasteiger partial charge in [0.15, 0.2) is 0 Å². The Morgan fingerprint density at radius 2 is 2.00 bits per heavy atom. The van der Waals surface area contributed by atoms with E-state index in [-0.39, 0.29) is 5.41 Å². The second kappa shape index (κ2) is 4.38. The highest BCUT2D eigenvalue weighted by Crippen LogP contribution is 2.31. The summed E-state index contributed by atoms with van der Waals surface area (Å²) in [6.07, 6.45) is 2.63. The standard InChI is InChI=1S/C17H23NO/c1-11-14-9-12(17(2,3)4)5-8-15(14)19-16(11)10-18-13-6-7-13/h5,8-9,13,18H,6-7,10H2,1-4H3. The van der Waals surface area contributed by atoms with Crippen molar-refractivity contribution in [2.24, 2.45) is 0 Å². The maximum absolute atomic E-state index is 5.98. The molecule has 19 heavy (non-hydrogen) atoms. The Hall–Kier alpha value is -1.28. The van der Waals surface area contributed by atoms with E-state index >= 15 is 0 Å². The predicted molar refractivity (Wildman–Crippen MR) is 79.5 cm³/mol. The largest absolute Gasteiger partial charge is 0.459 e. The van der Waals surface area contributed by atoms with Gasteiger partial charge in [-0.15, -0.1) is 0 Å². The molecule has 1 fully saturated rings. The highest BCUT2D eigenvalue weighted by molar-refractivity contribution is 5.83. The molecule has 2 nitrogen and oxygen atoms in total. The summed E-state index contributed by atoms with van der Waals surface area (Å²) in [6.45, 7) is 9.77. The summed E-state index contributed by atoms with van der Waals surface area (Å²) in [4.78, 5) is 0. The van der Waals surface area contributed by atoms with Crippen LogP contribution in [0.2, 0.25) is 0 Å². The van der Waals surface area contributed by atoms with Crippen molar-refractivity contribution in [2.75, 3.05) is 0 Å². The number of aryl methyl sites for hydroxylation is 1. The molecule has 0 spiro atoms. The molecule has 2 aromatic rings. The van der Waals surface area contributed by atoms with E-state index in [1.807, 2.05) is 0 Å². The van der Waals surface area contributed by atoms with Crippen molar-refractivity contribution in [3.05, 3.63) is 35.1 Å². The molecule has 1 aliphatic carbocycles. The fourth-order valence-electron chi connectivity index (χ4n) is 2.43. The number of fused-ring (bicyclic) bond motifs is 1. The highest BCUT2D eigenvalue weighted by Gasteiger charge is 2.22. The number of rotatable bonds is 3. The zero-order valence-corrected chi connectivity index (χ0v) is 12.3. The first-order valence-corrected chi connectivity index (χ1v) is 7.21. The van der Waals surface area contributed by atoms with Gasteiger partial charge in [-0.2, -0.15) is 0 Å². The van der Waals surface area contributed by atoms with Crippen LogP contribution in [-0.2, 0) is 12.0 Å². The van der Waals surface area contributed by atoms with Gasteiger partial charge in [0.1, 0.15) is 11.3 Å². The molecule has 0 aliphatic heterocycles. The topological polar surface area (TPSA) is 25.2 Å². The van der Waals surface area contributed by atoms with E-state index < -0.39 is 0 Å². The third-order valence-corrected chi connectivity index (χ3v) is 4.03. The zero-order chi connectivity index (χ0) is 13.6. The van der Waals surface area contributed by atoms with Crippen LogP contribution in [0.15, 0.2) is 22.6 Å². The van der Waals surface area contributed by atoms with Crippen molar-refractivity contribution >= 4 is 11.0 Å². The van der Waals surface area contributed by atoms with E-state index in [0.717, 1.165) is 23.9 Å². The number of hydrogen-bond donors (Lipinski definition) is 1. The van der Waals surface area contributed by atoms with Crippen LogP contribution in [0.4, 0.5) is 0 Å². The molecule has 0 saturated heterocycles. The molecular formula is C17H23NO. The van der Waals surface area contributed by atoms with Crippen molar-refractivity contribution in [3.8, 4) is 0 Å². The molecule has 2 heteroatoms. The first kappa shape index (κ1) is 12.7. The predicted octanol–water partition coefficient (Wildman–Crippen LogP) is 4.29. The number of hydrogen-bond acceptors (Lipinski definition) is 2. The summed E-state index contributed by atoms with van der Waals surface area (Å²) in [6, 6.07) is 7.31. The smallest absolute Gasteiger partial charge is 0.134 e. The van der Waals surface area contributed by atoms with Gasteiger partial charge in [-0.05, 0) is 48.4 Å². The molecule has 0 bridgehead atoms. The summed E-state index contributed by atoms with van der Waals surface area (Å²) < 4.78 is 5.98. The Morgan fingerprint density at radius 3 is 2.63 bits per heavy atom. The Bertz CT molecular complexity index is 599. The molecule has 102 valence electrons. The average molecular weight is 257 g/mol. The summed E-state index contributed by atoms with van der Waals surface area (Å²) in [5.74, 6) is 1.09. The lowest BCUT2D eigenvalue weighted by molar-refractivity contribution is 0.509. The molecular weight excluding hydrogens is 234 g/mol. The minimum absolute atomic E-state index is 0.185. The number of furan rings is 1. The van der Waals surface area contributed by atoms with Crippen molar-refractivity contribution in [1.82, 2.24) is 5.32 Å². The van der Waals surface area contributed by atoms with E-state index in [0.29, 0.717) is 0 Å². The summed E-state index contributed by atoms with van der Waals surface area (Å²) in [7, 11) is 0. The first-order valence-electron chi connectivity index (χ1n) is 7.21. The van der Waals surface area contributed by atoms with Crippen LogP contribution in [-0.4, -0.2) is 6.04 Å². The molecule has 0 unspecified atom stereocenters. The van der Waals surface area contributed by atoms with Crippen LogP contribution in [0, 0.1) is 6.92 Å².